The van der Waals surface area contributed by atoms with Crippen molar-refractivity contribution in [2.45, 2.75) is 12.8 Å². The summed E-state index contributed by atoms with van der Waals surface area (Å²) in [6.45, 7) is 0. The Kier molecular flexibility index (Phi) is 1.45. The van der Waals surface area contributed by atoms with E-state index >= 15 is 0 Å². The quantitative estimate of drug-likeness (QED) is 0.641. The molecule has 1 aliphatic rings. The Bertz CT molecular complexity index is 522. The zero-order valence-corrected chi connectivity index (χ0v) is 7.79. The van der Waals surface area contributed by atoms with Crippen LogP contribution in [0.2, 0.25) is 0 Å². The number of furan rings is 1. The van der Waals surface area contributed by atoms with Crippen LogP contribution in [-0.2, 0) is 6.42 Å². The highest BCUT2D eigenvalue weighted by Gasteiger charge is 2.13. The molecule has 14 heavy (non-hydrogen) atoms. The predicted molar refractivity (Wildman–Crippen MR) is 58.0 cm³/mol. The first kappa shape index (κ1) is 7.68. The fourth-order valence-corrected chi connectivity index (χ4v) is 1.97. The summed E-state index contributed by atoms with van der Waals surface area (Å²) in [5.41, 5.74) is 8.59. The van der Waals surface area contributed by atoms with Gasteiger partial charge in [-0.15, -0.1) is 0 Å². The van der Waals surface area contributed by atoms with Gasteiger partial charge in [0.05, 0.1) is 0 Å². The molecule has 0 saturated heterocycles. The van der Waals surface area contributed by atoms with Crippen molar-refractivity contribution >= 4 is 22.7 Å². The summed E-state index contributed by atoms with van der Waals surface area (Å²) in [5.74, 6) is 1.09. The van der Waals surface area contributed by atoms with Crippen molar-refractivity contribution in [3.63, 3.8) is 0 Å². The lowest BCUT2D eigenvalue weighted by molar-refractivity contribution is 0.546. The molecular formula is C12H11NO. The summed E-state index contributed by atoms with van der Waals surface area (Å²) < 4.78 is 5.74. The van der Waals surface area contributed by atoms with Crippen LogP contribution in [0.25, 0.3) is 17.0 Å². The molecule has 0 unspecified atom stereocenters. The van der Waals surface area contributed by atoms with Crippen molar-refractivity contribution < 1.29 is 4.42 Å². The van der Waals surface area contributed by atoms with Gasteiger partial charge in [0.2, 0.25) is 0 Å². The molecule has 2 N–H and O–H groups in total. The molecule has 0 saturated carbocycles. The topological polar surface area (TPSA) is 39.2 Å². The van der Waals surface area contributed by atoms with Crippen molar-refractivity contribution in [3.8, 4) is 0 Å². The smallest absolute Gasteiger partial charge is 0.136 e. The zero-order chi connectivity index (χ0) is 9.54. The van der Waals surface area contributed by atoms with E-state index in [9.17, 15) is 0 Å². The summed E-state index contributed by atoms with van der Waals surface area (Å²) in [6, 6.07) is 5.84. The minimum absolute atomic E-state index is 0.757. The normalized spacial score (nSPS) is 14.6. The van der Waals surface area contributed by atoms with Gasteiger partial charge in [0, 0.05) is 29.1 Å². The van der Waals surface area contributed by atoms with Gasteiger partial charge in [-0.25, -0.2) is 0 Å². The number of nitrogens with two attached hydrogens (primary N) is 1. The first-order valence-electron chi connectivity index (χ1n) is 4.82. The summed E-state index contributed by atoms with van der Waals surface area (Å²) in [4.78, 5) is 0. The summed E-state index contributed by atoms with van der Waals surface area (Å²) >= 11 is 0. The molecule has 1 aliphatic carbocycles. The predicted octanol–water partition coefficient (Wildman–Crippen LogP) is 2.97. The standard InChI is InChI=1S/C12H11NO/c13-8-5-6-10-9-3-1-2-4-11(9)14-12(10)7-8/h1,3,5-7H,2,4,13H2. The lowest BCUT2D eigenvalue weighted by atomic mass is 10.0. The van der Waals surface area contributed by atoms with E-state index in [0.717, 1.165) is 29.9 Å². The molecule has 1 heterocycles. The summed E-state index contributed by atoms with van der Waals surface area (Å²) in [7, 11) is 0. The minimum Gasteiger partial charge on any atom is -0.460 e. The molecule has 0 fully saturated rings. The van der Waals surface area contributed by atoms with Gasteiger partial charge in [0.1, 0.15) is 11.3 Å². The number of benzene rings is 1. The van der Waals surface area contributed by atoms with E-state index in [-0.39, 0.29) is 0 Å². The molecule has 2 aromatic rings. The van der Waals surface area contributed by atoms with Crippen LogP contribution in [0.15, 0.2) is 28.7 Å². The molecule has 0 aliphatic heterocycles. The lowest BCUT2D eigenvalue weighted by Gasteiger charge is -2.01. The van der Waals surface area contributed by atoms with Crippen molar-refractivity contribution in [1.29, 1.82) is 0 Å². The highest BCUT2D eigenvalue weighted by molar-refractivity contribution is 5.90. The molecule has 1 aromatic carbocycles. The van der Waals surface area contributed by atoms with Crippen molar-refractivity contribution in [2.24, 2.45) is 0 Å². The second-order valence-corrected chi connectivity index (χ2v) is 3.64. The molecule has 3 rings (SSSR count). The third-order valence-electron chi connectivity index (χ3n) is 2.65. The van der Waals surface area contributed by atoms with Crippen LogP contribution in [0.1, 0.15) is 17.7 Å². The van der Waals surface area contributed by atoms with Crippen molar-refractivity contribution in [1.82, 2.24) is 0 Å². The first-order chi connectivity index (χ1) is 6.84. The number of anilines is 1. The monoisotopic (exact) mass is 185 g/mol. The molecule has 70 valence electrons. The van der Waals surface area contributed by atoms with Crippen molar-refractivity contribution in [3.05, 3.63) is 35.6 Å². The molecule has 0 atom stereocenters. The molecule has 0 radical (unpaired) electrons. The fourth-order valence-electron chi connectivity index (χ4n) is 1.97. The molecule has 0 spiro atoms. The first-order valence-corrected chi connectivity index (χ1v) is 4.82. The Morgan fingerprint density at radius 2 is 2.21 bits per heavy atom. The SMILES string of the molecule is Nc1ccc2c3c(oc2c1)CCC=C3. The van der Waals surface area contributed by atoms with Gasteiger partial charge in [0.15, 0.2) is 0 Å². The highest BCUT2D eigenvalue weighted by Crippen LogP contribution is 2.31. The number of hydrogen-bond donors (Lipinski definition) is 1. The van der Waals surface area contributed by atoms with E-state index < -0.39 is 0 Å². The van der Waals surface area contributed by atoms with E-state index in [0.29, 0.717) is 0 Å². The van der Waals surface area contributed by atoms with Gasteiger partial charge < -0.3 is 10.2 Å². The van der Waals surface area contributed by atoms with Crippen molar-refractivity contribution in [2.75, 3.05) is 5.73 Å². The van der Waals surface area contributed by atoms with Gasteiger partial charge >= 0.3 is 0 Å². The number of hydrogen-bond acceptors (Lipinski definition) is 2. The maximum Gasteiger partial charge on any atom is 0.136 e. The Labute approximate surface area is 82.0 Å². The van der Waals surface area contributed by atoms with E-state index in [1.165, 1.54) is 10.9 Å². The fraction of sp³-hybridized carbons (Fsp3) is 0.167. The average molecular weight is 185 g/mol. The third-order valence-corrected chi connectivity index (χ3v) is 2.65. The molecule has 0 amide bonds. The zero-order valence-electron chi connectivity index (χ0n) is 7.79. The summed E-state index contributed by atoms with van der Waals surface area (Å²) in [6.07, 6.45) is 6.40. The summed E-state index contributed by atoms with van der Waals surface area (Å²) in [5, 5.41) is 1.17. The van der Waals surface area contributed by atoms with Gasteiger partial charge in [-0.1, -0.05) is 12.2 Å². The second-order valence-electron chi connectivity index (χ2n) is 3.64. The maximum absolute atomic E-state index is 5.74. The third kappa shape index (κ3) is 0.970. The van der Waals surface area contributed by atoms with Gasteiger partial charge in [-0.2, -0.15) is 0 Å². The lowest BCUT2D eigenvalue weighted by Crippen LogP contribution is -1.88. The number of nitrogen functional groups attached to an aromatic ring is 1. The average Bonchev–Trinajstić information content (AvgIpc) is 2.54. The van der Waals surface area contributed by atoms with E-state index in [1.807, 2.05) is 18.2 Å². The Morgan fingerprint density at radius 3 is 3.14 bits per heavy atom. The highest BCUT2D eigenvalue weighted by atomic mass is 16.3. The van der Waals surface area contributed by atoms with Crippen LogP contribution in [0.3, 0.4) is 0 Å². The number of aryl methyl sites for hydroxylation is 1. The van der Waals surface area contributed by atoms with Crippen LogP contribution >= 0.6 is 0 Å². The van der Waals surface area contributed by atoms with Crippen LogP contribution in [0.5, 0.6) is 0 Å². The largest absolute Gasteiger partial charge is 0.460 e. The maximum atomic E-state index is 5.74. The van der Waals surface area contributed by atoms with Gasteiger partial charge in [-0.05, 0) is 18.6 Å². The van der Waals surface area contributed by atoms with Gasteiger partial charge in [-0.3, -0.25) is 0 Å². The minimum atomic E-state index is 0.757. The molecule has 1 aromatic heterocycles. The number of allylic oxidation sites excluding steroid dienone is 1. The molecule has 0 bridgehead atoms. The van der Waals surface area contributed by atoms with Crippen LogP contribution in [-0.4, -0.2) is 0 Å². The Balaban J connectivity index is 2.38. The second kappa shape index (κ2) is 2.64. The molecule has 2 heteroatoms. The van der Waals surface area contributed by atoms with E-state index in [4.69, 9.17) is 10.2 Å². The number of fused-ring (bicyclic) bond motifs is 3. The van der Waals surface area contributed by atoms with Gasteiger partial charge in [0.25, 0.3) is 0 Å². The van der Waals surface area contributed by atoms with E-state index in [2.05, 4.69) is 12.2 Å². The number of rotatable bonds is 0. The van der Waals surface area contributed by atoms with Crippen LogP contribution < -0.4 is 5.73 Å². The Morgan fingerprint density at radius 1 is 1.29 bits per heavy atom. The van der Waals surface area contributed by atoms with Crippen LogP contribution in [0.4, 0.5) is 5.69 Å². The molecule has 2 nitrogen and oxygen atoms in total. The Hall–Kier alpha value is -1.70. The van der Waals surface area contributed by atoms with Crippen LogP contribution in [0, 0.1) is 0 Å². The van der Waals surface area contributed by atoms with E-state index in [1.54, 1.807) is 0 Å². The molecular weight excluding hydrogens is 174 g/mol.